The zero-order valence-electron chi connectivity index (χ0n) is 6.50. The molecule has 0 bridgehead atoms. The first-order valence-corrected chi connectivity index (χ1v) is 3.57. The number of carbonyl (C=O) groups is 1. The smallest absolute Gasteiger partial charge is 0.146 e. The van der Waals surface area contributed by atoms with Crippen LogP contribution in [-0.4, -0.2) is 36.4 Å². The molecule has 0 amide bonds. The van der Waals surface area contributed by atoms with Crippen LogP contribution >= 0.6 is 0 Å². The lowest BCUT2D eigenvalue weighted by Gasteiger charge is -2.14. The van der Waals surface area contributed by atoms with Crippen LogP contribution in [0.1, 0.15) is 13.3 Å². The fourth-order valence-corrected chi connectivity index (χ4v) is 1.51. The van der Waals surface area contributed by atoms with Crippen molar-refractivity contribution in [3.05, 3.63) is 0 Å². The number of hydrogen-bond donors (Lipinski definition) is 1. The van der Waals surface area contributed by atoms with Crippen molar-refractivity contribution in [3.63, 3.8) is 0 Å². The lowest BCUT2D eigenvalue weighted by molar-refractivity contribution is -0.120. The van der Waals surface area contributed by atoms with E-state index in [1.165, 1.54) is 0 Å². The van der Waals surface area contributed by atoms with Gasteiger partial charge in [-0.3, -0.25) is 9.69 Å². The van der Waals surface area contributed by atoms with Crippen molar-refractivity contribution in [2.24, 2.45) is 5.73 Å². The summed E-state index contributed by atoms with van der Waals surface area (Å²) in [6.45, 7) is 2.48. The third-order valence-electron chi connectivity index (χ3n) is 2.05. The summed E-state index contributed by atoms with van der Waals surface area (Å²) in [6.07, 6.45) is 0.825. The minimum absolute atomic E-state index is 0.0787. The van der Waals surface area contributed by atoms with Crippen LogP contribution in [0.5, 0.6) is 0 Å². The molecule has 2 atom stereocenters. The van der Waals surface area contributed by atoms with Gasteiger partial charge in [-0.25, -0.2) is 0 Å². The zero-order valence-corrected chi connectivity index (χ0v) is 6.50. The number of nitrogens with two attached hydrogens (primary N) is 1. The minimum Gasteiger partial charge on any atom is -0.326 e. The molecule has 1 rings (SSSR count). The zero-order chi connectivity index (χ0) is 7.72. The Morgan fingerprint density at radius 2 is 2.30 bits per heavy atom. The Morgan fingerprint density at radius 3 is 2.50 bits per heavy atom. The predicted molar refractivity (Wildman–Crippen MR) is 39.7 cm³/mol. The largest absolute Gasteiger partial charge is 0.326 e. The van der Waals surface area contributed by atoms with Gasteiger partial charge in [0.25, 0.3) is 0 Å². The normalized spacial score (nSPS) is 34.7. The SMILES string of the molecule is CC(=O)[C@H]1C[C@@H](N)CN1C. The van der Waals surface area contributed by atoms with E-state index in [0.29, 0.717) is 0 Å². The van der Waals surface area contributed by atoms with Crippen LogP contribution in [-0.2, 0) is 4.79 Å². The number of ketones is 1. The number of Topliss-reactive ketones (excluding diaryl/α,β-unsaturated/α-hetero) is 1. The molecule has 10 heavy (non-hydrogen) atoms. The quantitative estimate of drug-likeness (QED) is 0.542. The predicted octanol–water partition coefficient (Wildman–Crippen LogP) is -0.393. The summed E-state index contributed by atoms with van der Waals surface area (Å²) in [5.41, 5.74) is 5.66. The molecule has 3 heteroatoms. The van der Waals surface area contributed by atoms with Gasteiger partial charge in [0.1, 0.15) is 5.78 Å². The first-order chi connectivity index (χ1) is 4.61. The molecule has 2 N–H and O–H groups in total. The highest BCUT2D eigenvalue weighted by atomic mass is 16.1. The molecule has 1 aliphatic heterocycles. The van der Waals surface area contributed by atoms with E-state index in [2.05, 4.69) is 0 Å². The van der Waals surface area contributed by atoms with Crippen LogP contribution in [0.3, 0.4) is 0 Å². The van der Waals surface area contributed by atoms with Gasteiger partial charge in [-0.15, -0.1) is 0 Å². The minimum atomic E-state index is 0.0787. The topological polar surface area (TPSA) is 46.3 Å². The van der Waals surface area contributed by atoms with E-state index in [0.717, 1.165) is 13.0 Å². The van der Waals surface area contributed by atoms with Crippen LogP contribution in [0.25, 0.3) is 0 Å². The third kappa shape index (κ3) is 1.36. The second kappa shape index (κ2) is 2.68. The van der Waals surface area contributed by atoms with Crippen LogP contribution in [0.4, 0.5) is 0 Å². The summed E-state index contributed by atoms with van der Waals surface area (Å²) >= 11 is 0. The van der Waals surface area contributed by atoms with E-state index in [9.17, 15) is 4.79 Å². The Labute approximate surface area is 61.2 Å². The van der Waals surface area contributed by atoms with Crippen molar-refractivity contribution in [2.75, 3.05) is 13.6 Å². The van der Waals surface area contributed by atoms with Gasteiger partial charge in [0.2, 0.25) is 0 Å². The molecular formula is C7H14N2O. The molecule has 0 aromatic carbocycles. The Balaban J connectivity index is 2.54. The van der Waals surface area contributed by atoms with Crippen molar-refractivity contribution in [3.8, 4) is 0 Å². The molecule has 0 aromatic heterocycles. The number of carbonyl (C=O) groups excluding carboxylic acids is 1. The van der Waals surface area contributed by atoms with Gasteiger partial charge in [-0.1, -0.05) is 0 Å². The average molecular weight is 142 g/mol. The molecule has 58 valence electrons. The van der Waals surface area contributed by atoms with Gasteiger partial charge >= 0.3 is 0 Å². The van der Waals surface area contributed by atoms with Crippen LogP contribution < -0.4 is 5.73 Å². The molecule has 1 saturated heterocycles. The van der Waals surface area contributed by atoms with Crippen molar-refractivity contribution >= 4 is 5.78 Å². The Kier molecular flexibility index (Phi) is 2.06. The monoisotopic (exact) mass is 142 g/mol. The number of likely N-dealkylation sites (N-methyl/N-ethyl adjacent to an activating group) is 1. The summed E-state index contributed by atoms with van der Waals surface area (Å²) in [5.74, 6) is 0.232. The lowest BCUT2D eigenvalue weighted by atomic mass is 10.1. The average Bonchev–Trinajstić information content (AvgIpc) is 2.10. The van der Waals surface area contributed by atoms with Gasteiger partial charge in [0, 0.05) is 12.6 Å². The van der Waals surface area contributed by atoms with Crippen LogP contribution in [0.2, 0.25) is 0 Å². The summed E-state index contributed by atoms with van der Waals surface area (Å²) < 4.78 is 0. The maximum Gasteiger partial charge on any atom is 0.146 e. The highest BCUT2D eigenvalue weighted by Crippen LogP contribution is 2.14. The lowest BCUT2D eigenvalue weighted by Crippen LogP contribution is -2.31. The summed E-state index contributed by atoms with van der Waals surface area (Å²) in [4.78, 5) is 12.9. The second-order valence-electron chi connectivity index (χ2n) is 3.06. The number of likely N-dealkylation sites (tertiary alicyclic amines) is 1. The van der Waals surface area contributed by atoms with E-state index in [4.69, 9.17) is 5.73 Å². The molecule has 0 aromatic rings. The number of rotatable bonds is 1. The summed E-state index contributed by atoms with van der Waals surface area (Å²) in [5, 5.41) is 0. The Morgan fingerprint density at radius 1 is 1.70 bits per heavy atom. The molecule has 3 nitrogen and oxygen atoms in total. The van der Waals surface area contributed by atoms with E-state index < -0.39 is 0 Å². The number of nitrogens with zero attached hydrogens (tertiary/aromatic N) is 1. The fraction of sp³-hybridized carbons (Fsp3) is 0.857. The molecule has 0 spiro atoms. The molecular weight excluding hydrogens is 128 g/mol. The van der Waals surface area contributed by atoms with E-state index in [-0.39, 0.29) is 17.9 Å². The highest BCUT2D eigenvalue weighted by Gasteiger charge is 2.29. The van der Waals surface area contributed by atoms with E-state index in [1.807, 2.05) is 11.9 Å². The molecule has 0 radical (unpaired) electrons. The molecule has 0 aliphatic carbocycles. The van der Waals surface area contributed by atoms with E-state index >= 15 is 0 Å². The fourth-order valence-electron chi connectivity index (χ4n) is 1.51. The molecule has 1 heterocycles. The van der Waals surface area contributed by atoms with Crippen molar-refractivity contribution in [1.29, 1.82) is 0 Å². The number of hydrogen-bond acceptors (Lipinski definition) is 3. The van der Waals surface area contributed by atoms with Crippen molar-refractivity contribution < 1.29 is 4.79 Å². The van der Waals surface area contributed by atoms with Crippen LogP contribution in [0.15, 0.2) is 0 Å². The van der Waals surface area contributed by atoms with Crippen molar-refractivity contribution in [2.45, 2.75) is 25.4 Å². The molecule has 1 aliphatic rings. The third-order valence-corrected chi connectivity index (χ3v) is 2.05. The summed E-state index contributed by atoms with van der Waals surface area (Å²) in [7, 11) is 1.94. The summed E-state index contributed by atoms with van der Waals surface area (Å²) in [6, 6.07) is 0.272. The first-order valence-electron chi connectivity index (χ1n) is 3.57. The van der Waals surface area contributed by atoms with Crippen molar-refractivity contribution in [1.82, 2.24) is 4.90 Å². The maximum absolute atomic E-state index is 10.9. The van der Waals surface area contributed by atoms with Gasteiger partial charge in [-0.05, 0) is 20.4 Å². The van der Waals surface area contributed by atoms with Crippen LogP contribution in [0, 0.1) is 0 Å². The van der Waals surface area contributed by atoms with Gasteiger partial charge in [0.05, 0.1) is 6.04 Å². The van der Waals surface area contributed by atoms with Gasteiger partial charge in [0.15, 0.2) is 0 Å². The second-order valence-corrected chi connectivity index (χ2v) is 3.06. The van der Waals surface area contributed by atoms with Gasteiger partial charge < -0.3 is 5.73 Å². The molecule has 0 saturated carbocycles. The first kappa shape index (κ1) is 7.69. The van der Waals surface area contributed by atoms with Gasteiger partial charge in [-0.2, -0.15) is 0 Å². The van der Waals surface area contributed by atoms with E-state index in [1.54, 1.807) is 6.92 Å². The standard InChI is InChI=1S/C7H14N2O/c1-5(10)7-3-6(8)4-9(7)2/h6-7H,3-4,8H2,1-2H3/t6-,7-/m1/s1. The maximum atomic E-state index is 10.9. The molecule has 0 unspecified atom stereocenters. The highest BCUT2D eigenvalue weighted by molar-refractivity contribution is 5.81. The molecule has 1 fully saturated rings. The Bertz CT molecular complexity index is 147. The Hall–Kier alpha value is -0.410.